The van der Waals surface area contributed by atoms with Crippen LogP contribution in [0.2, 0.25) is 0 Å². The molecule has 32 heavy (non-hydrogen) atoms. The van der Waals surface area contributed by atoms with Crippen molar-refractivity contribution in [2.45, 2.75) is 43.5 Å². The molecular weight excluding hydrogens is 402 g/mol. The molecule has 0 aliphatic carbocycles. The van der Waals surface area contributed by atoms with E-state index in [2.05, 4.69) is 29.2 Å². The Morgan fingerprint density at radius 1 is 1.06 bits per heavy atom. The van der Waals surface area contributed by atoms with Gasteiger partial charge in [-0.1, -0.05) is 42.5 Å². The van der Waals surface area contributed by atoms with Crippen LogP contribution in [0.5, 0.6) is 11.5 Å². The van der Waals surface area contributed by atoms with Gasteiger partial charge >= 0.3 is 0 Å². The molecule has 0 unspecified atom stereocenters. The van der Waals surface area contributed by atoms with Crippen molar-refractivity contribution in [1.29, 1.82) is 0 Å². The number of likely N-dealkylation sites (tertiary alicyclic amines) is 1. The van der Waals surface area contributed by atoms with Crippen LogP contribution < -0.4 is 9.47 Å². The van der Waals surface area contributed by atoms with Crippen molar-refractivity contribution in [1.82, 2.24) is 4.90 Å². The average molecular weight is 432 g/mol. The van der Waals surface area contributed by atoms with Crippen LogP contribution >= 0.6 is 0 Å². The maximum atomic E-state index is 10.9. The second-order valence-corrected chi connectivity index (χ2v) is 9.49. The SMILES string of the molecule is O[C@@H](CN1CCC2(CC1)C[C@H](O)c1ccc3ccccc3c1O2)c1ccc2c(c1)CCO2. The van der Waals surface area contributed by atoms with Crippen LogP contribution in [0.3, 0.4) is 0 Å². The topological polar surface area (TPSA) is 62.2 Å². The Labute approximate surface area is 188 Å². The Morgan fingerprint density at radius 3 is 2.78 bits per heavy atom. The molecule has 3 aromatic carbocycles. The van der Waals surface area contributed by atoms with Gasteiger partial charge in [0.2, 0.25) is 0 Å². The van der Waals surface area contributed by atoms with Crippen molar-refractivity contribution >= 4 is 10.8 Å². The molecule has 5 nitrogen and oxygen atoms in total. The average Bonchev–Trinajstić information content (AvgIpc) is 3.29. The van der Waals surface area contributed by atoms with Gasteiger partial charge in [0.05, 0.1) is 18.8 Å². The zero-order chi connectivity index (χ0) is 21.7. The Morgan fingerprint density at radius 2 is 1.91 bits per heavy atom. The number of aliphatic hydroxyl groups excluding tert-OH is 2. The van der Waals surface area contributed by atoms with Crippen molar-refractivity contribution in [2.24, 2.45) is 0 Å². The van der Waals surface area contributed by atoms with Gasteiger partial charge in [0, 0.05) is 43.4 Å². The first-order chi connectivity index (χ1) is 15.6. The van der Waals surface area contributed by atoms with Crippen LogP contribution in [0, 0.1) is 0 Å². The zero-order valence-electron chi connectivity index (χ0n) is 18.2. The van der Waals surface area contributed by atoms with E-state index >= 15 is 0 Å². The van der Waals surface area contributed by atoms with E-state index in [0.29, 0.717) is 13.0 Å². The number of benzene rings is 3. The monoisotopic (exact) mass is 431 g/mol. The molecule has 166 valence electrons. The number of piperidine rings is 1. The lowest BCUT2D eigenvalue weighted by Crippen LogP contribution is -2.51. The van der Waals surface area contributed by atoms with Crippen LogP contribution in [0.4, 0.5) is 0 Å². The first-order valence-electron chi connectivity index (χ1n) is 11.7. The third-order valence-corrected chi connectivity index (χ3v) is 7.45. The Balaban J connectivity index is 1.16. The summed E-state index contributed by atoms with van der Waals surface area (Å²) in [6.45, 7) is 3.03. The fourth-order valence-electron chi connectivity index (χ4n) is 5.57. The van der Waals surface area contributed by atoms with E-state index in [9.17, 15) is 10.2 Å². The molecule has 1 fully saturated rings. The molecule has 3 aromatic rings. The summed E-state index contributed by atoms with van der Waals surface area (Å²) in [5.41, 5.74) is 2.70. The van der Waals surface area contributed by atoms with Crippen LogP contribution in [0.15, 0.2) is 54.6 Å². The molecular formula is C27H29NO4. The van der Waals surface area contributed by atoms with E-state index in [0.717, 1.165) is 72.4 Å². The number of hydrogen-bond acceptors (Lipinski definition) is 5. The normalized spacial score (nSPS) is 22.8. The van der Waals surface area contributed by atoms with Crippen LogP contribution in [0.25, 0.3) is 10.8 Å². The van der Waals surface area contributed by atoms with Crippen molar-refractivity contribution in [2.75, 3.05) is 26.2 Å². The quantitative estimate of drug-likeness (QED) is 0.652. The molecule has 2 N–H and O–H groups in total. The molecule has 1 saturated heterocycles. The molecule has 3 aliphatic rings. The molecule has 3 heterocycles. The maximum Gasteiger partial charge on any atom is 0.133 e. The third kappa shape index (κ3) is 3.45. The molecule has 1 spiro atoms. The second-order valence-electron chi connectivity index (χ2n) is 9.49. The van der Waals surface area contributed by atoms with E-state index < -0.39 is 12.2 Å². The minimum Gasteiger partial charge on any atom is -0.493 e. The molecule has 0 aromatic heterocycles. The summed E-state index contributed by atoms with van der Waals surface area (Å²) in [4.78, 5) is 2.31. The number of aliphatic hydroxyl groups is 2. The van der Waals surface area contributed by atoms with Crippen molar-refractivity contribution in [3.63, 3.8) is 0 Å². The first-order valence-corrected chi connectivity index (χ1v) is 11.7. The molecule has 6 rings (SSSR count). The molecule has 3 aliphatic heterocycles. The van der Waals surface area contributed by atoms with Gasteiger partial charge in [-0.05, 0) is 41.5 Å². The highest BCUT2D eigenvalue weighted by Crippen LogP contribution is 2.47. The molecule has 2 atom stereocenters. The first kappa shape index (κ1) is 20.0. The lowest BCUT2D eigenvalue weighted by Gasteiger charge is -2.46. The number of fused-ring (bicyclic) bond motifs is 4. The minimum atomic E-state index is -0.516. The van der Waals surface area contributed by atoms with Crippen molar-refractivity contribution < 1.29 is 19.7 Å². The number of ether oxygens (including phenoxy) is 2. The molecule has 0 amide bonds. The molecule has 5 heteroatoms. The third-order valence-electron chi connectivity index (χ3n) is 7.45. The van der Waals surface area contributed by atoms with Crippen LogP contribution in [0.1, 0.15) is 48.2 Å². The fourth-order valence-corrected chi connectivity index (χ4v) is 5.57. The van der Waals surface area contributed by atoms with E-state index in [1.54, 1.807) is 0 Å². The van der Waals surface area contributed by atoms with Crippen LogP contribution in [-0.2, 0) is 6.42 Å². The second kappa shape index (κ2) is 7.77. The fraction of sp³-hybridized carbons (Fsp3) is 0.407. The predicted octanol–water partition coefficient (Wildman–Crippen LogP) is 4.16. The van der Waals surface area contributed by atoms with Gasteiger partial charge in [0.1, 0.15) is 17.1 Å². The van der Waals surface area contributed by atoms with E-state index in [1.165, 1.54) is 5.56 Å². The van der Waals surface area contributed by atoms with Gasteiger partial charge in [0.25, 0.3) is 0 Å². The minimum absolute atomic E-state index is 0.344. The molecule has 0 saturated carbocycles. The van der Waals surface area contributed by atoms with Crippen molar-refractivity contribution in [3.8, 4) is 11.5 Å². The van der Waals surface area contributed by atoms with Gasteiger partial charge < -0.3 is 24.6 Å². The summed E-state index contributed by atoms with van der Waals surface area (Å²) in [5, 5.41) is 24.0. The summed E-state index contributed by atoms with van der Waals surface area (Å²) < 4.78 is 12.3. The highest BCUT2D eigenvalue weighted by molar-refractivity contribution is 5.90. The van der Waals surface area contributed by atoms with Gasteiger partial charge in [0.15, 0.2) is 0 Å². The summed E-state index contributed by atoms with van der Waals surface area (Å²) in [5.74, 6) is 1.79. The summed E-state index contributed by atoms with van der Waals surface area (Å²) in [7, 11) is 0. The standard InChI is InChI=1S/C27H29NO4/c29-23-16-27(32-26-21-4-2-1-3-18(21)5-7-22(23)26)10-12-28(13-11-27)17-24(30)19-6-8-25-20(15-19)9-14-31-25/h1-8,15,23-24,29-30H,9-14,16-17H2/t23-,24-/m0/s1. The maximum absolute atomic E-state index is 10.9. The smallest absolute Gasteiger partial charge is 0.133 e. The van der Waals surface area contributed by atoms with Gasteiger partial charge in [-0.3, -0.25) is 0 Å². The highest BCUT2D eigenvalue weighted by atomic mass is 16.5. The lowest BCUT2D eigenvalue weighted by atomic mass is 9.81. The van der Waals surface area contributed by atoms with Gasteiger partial charge in [-0.2, -0.15) is 0 Å². The Kier molecular flexibility index (Phi) is 4.86. The summed E-state index contributed by atoms with van der Waals surface area (Å²) in [6.07, 6.45) is 2.21. The summed E-state index contributed by atoms with van der Waals surface area (Å²) in [6, 6.07) is 18.3. The van der Waals surface area contributed by atoms with E-state index in [1.807, 2.05) is 30.3 Å². The Hall–Kier alpha value is -2.60. The predicted molar refractivity (Wildman–Crippen MR) is 123 cm³/mol. The summed E-state index contributed by atoms with van der Waals surface area (Å²) >= 11 is 0. The van der Waals surface area contributed by atoms with Crippen molar-refractivity contribution in [3.05, 3.63) is 71.3 Å². The molecule has 0 bridgehead atoms. The number of rotatable bonds is 3. The van der Waals surface area contributed by atoms with Crippen LogP contribution in [-0.4, -0.2) is 47.0 Å². The van der Waals surface area contributed by atoms with Gasteiger partial charge in [-0.25, -0.2) is 0 Å². The number of nitrogens with zero attached hydrogens (tertiary/aromatic N) is 1. The largest absolute Gasteiger partial charge is 0.493 e. The lowest BCUT2D eigenvalue weighted by molar-refractivity contribution is -0.0577. The highest BCUT2D eigenvalue weighted by Gasteiger charge is 2.43. The zero-order valence-corrected chi connectivity index (χ0v) is 18.2. The number of β-amino-alcohol motifs (C(OH)–C–C–N with tert-alkyl or cyclic N) is 1. The Bertz CT molecular complexity index is 1150. The van der Waals surface area contributed by atoms with E-state index in [4.69, 9.17) is 9.47 Å². The van der Waals surface area contributed by atoms with Gasteiger partial charge in [-0.15, -0.1) is 0 Å². The molecule has 0 radical (unpaired) electrons. The number of hydrogen-bond donors (Lipinski definition) is 2. The van der Waals surface area contributed by atoms with E-state index in [-0.39, 0.29) is 5.60 Å².